The first-order valence-corrected chi connectivity index (χ1v) is 14.1. The van der Waals surface area contributed by atoms with Gasteiger partial charge in [0.15, 0.2) is 0 Å². The van der Waals surface area contributed by atoms with Crippen LogP contribution < -0.4 is 14.8 Å². The van der Waals surface area contributed by atoms with Gasteiger partial charge in [-0.3, -0.25) is 14.9 Å². The van der Waals surface area contributed by atoms with Crippen LogP contribution in [0, 0.1) is 0 Å². The number of nitrogens with zero attached hydrogens (tertiary/aromatic N) is 5. The maximum absolute atomic E-state index is 13.6. The molecule has 0 spiro atoms. The maximum atomic E-state index is 13.6. The normalized spacial score (nSPS) is 15.0. The molecular weight excluding hydrogens is 585 g/mol. The number of aromatic nitrogens is 4. The van der Waals surface area contributed by atoms with Crippen LogP contribution in [-0.4, -0.2) is 65.1 Å². The Labute approximate surface area is 253 Å². The van der Waals surface area contributed by atoms with Crippen LogP contribution in [0.1, 0.15) is 24.2 Å². The monoisotopic (exact) mass is 614 g/mol. The Morgan fingerprint density at radius 3 is 1.79 bits per heavy atom. The second kappa shape index (κ2) is 12.8. The van der Waals surface area contributed by atoms with Crippen LogP contribution in [0.15, 0.2) is 48.8 Å². The lowest BCUT2D eigenvalue weighted by Gasteiger charge is -2.31. The summed E-state index contributed by atoms with van der Waals surface area (Å²) in [6.07, 6.45) is 2.94. The molecule has 12 heteroatoms. The van der Waals surface area contributed by atoms with Gasteiger partial charge in [0, 0.05) is 61.3 Å². The number of piperidine rings is 1. The van der Waals surface area contributed by atoms with Crippen molar-refractivity contribution in [2.24, 2.45) is 0 Å². The number of methoxy groups -OCH3 is 2. The van der Waals surface area contributed by atoms with Crippen LogP contribution in [0.4, 0.5) is 8.78 Å². The van der Waals surface area contributed by atoms with E-state index in [2.05, 4.69) is 25.3 Å². The van der Waals surface area contributed by atoms with Gasteiger partial charge >= 0.3 is 0 Å². The van der Waals surface area contributed by atoms with Gasteiger partial charge in [0.25, 0.3) is 5.92 Å². The van der Waals surface area contributed by atoms with Crippen molar-refractivity contribution in [2.45, 2.75) is 31.9 Å². The molecule has 8 nitrogen and oxygen atoms in total. The van der Waals surface area contributed by atoms with Crippen LogP contribution in [0.2, 0.25) is 10.0 Å². The lowest BCUT2D eigenvalue weighted by atomic mass is 9.98. The van der Waals surface area contributed by atoms with E-state index in [1.807, 2.05) is 48.3 Å². The van der Waals surface area contributed by atoms with Crippen molar-refractivity contribution < 1.29 is 18.3 Å². The molecule has 3 heterocycles. The van der Waals surface area contributed by atoms with Crippen LogP contribution in [0.5, 0.6) is 11.8 Å². The van der Waals surface area contributed by atoms with Gasteiger partial charge in [0.2, 0.25) is 11.8 Å². The molecule has 0 radical (unpaired) electrons. The first kappa shape index (κ1) is 30.0. The Hall–Kier alpha value is -3.44. The highest BCUT2D eigenvalue weighted by molar-refractivity contribution is 6.39. The Morgan fingerprint density at radius 1 is 0.810 bits per heavy atom. The zero-order valence-electron chi connectivity index (χ0n) is 23.4. The summed E-state index contributed by atoms with van der Waals surface area (Å²) in [6.45, 7) is 1.45. The third kappa shape index (κ3) is 6.32. The zero-order valence-corrected chi connectivity index (χ0v) is 24.9. The first-order valence-electron chi connectivity index (χ1n) is 13.4. The van der Waals surface area contributed by atoms with Gasteiger partial charge < -0.3 is 14.8 Å². The Bertz CT molecular complexity index is 1580. The van der Waals surface area contributed by atoms with Crippen molar-refractivity contribution in [1.82, 2.24) is 30.2 Å². The van der Waals surface area contributed by atoms with E-state index in [0.29, 0.717) is 79.9 Å². The second-order valence-corrected chi connectivity index (χ2v) is 10.7. The number of hydrogen-bond donors (Lipinski definition) is 1. The Kier molecular flexibility index (Phi) is 9.17. The van der Waals surface area contributed by atoms with E-state index in [4.69, 9.17) is 32.7 Å². The van der Waals surface area contributed by atoms with Gasteiger partial charge in [-0.15, -0.1) is 0 Å². The van der Waals surface area contributed by atoms with E-state index in [0.717, 1.165) is 0 Å². The fourth-order valence-electron chi connectivity index (χ4n) is 4.90. The molecule has 220 valence electrons. The third-order valence-corrected chi connectivity index (χ3v) is 7.97. The van der Waals surface area contributed by atoms with Gasteiger partial charge in [-0.1, -0.05) is 59.6 Å². The first-order chi connectivity index (χ1) is 20.2. The summed E-state index contributed by atoms with van der Waals surface area (Å²) in [7, 11) is 4.88. The van der Waals surface area contributed by atoms with E-state index in [1.165, 1.54) is 7.11 Å². The molecule has 1 N–H and O–H groups in total. The van der Waals surface area contributed by atoms with Crippen molar-refractivity contribution >= 4 is 23.2 Å². The third-order valence-electron chi connectivity index (χ3n) is 7.15. The SMILES string of the molecule is CNCc1ncc(-c2cccc(-c3cccc(-c4cnc(CN5CCC(F)(F)CC5)c(OC)n4)c3Cl)c2Cl)nc1OC. The molecule has 0 atom stereocenters. The lowest BCUT2D eigenvalue weighted by molar-refractivity contribution is -0.0569. The van der Waals surface area contributed by atoms with Gasteiger partial charge in [0.05, 0.1) is 48.0 Å². The predicted molar refractivity (Wildman–Crippen MR) is 159 cm³/mol. The molecule has 0 aliphatic carbocycles. The number of benzene rings is 2. The molecule has 0 unspecified atom stereocenters. The summed E-state index contributed by atoms with van der Waals surface area (Å²) in [6, 6.07) is 11.2. The molecule has 2 aromatic carbocycles. The minimum Gasteiger partial charge on any atom is -0.480 e. The molecule has 5 rings (SSSR count). The van der Waals surface area contributed by atoms with E-state index >= 15 is 0 Å². The highest BCUT2D eigenvalue weighted by Crippen LogP contribution is 2.42. The molecule has 42 heavy (non-hydrogen) atoms. The van der Waals surface area contributed by atoms with Crippen molar-refractivity contribution in [2.75, 3.05) is 34.4 Å². The van der Waals surface area contributed by atoms with Gasteiger partial charge in [-0.25, -0.2) is 18.7 Å². The highest BCUT2D eigenvalue weighted by atomic mass is 35.5. The molecule has 0 saturated carbocycles. The Balaban J connectivity index is 1.46. The van der Waals surface area contributed by atoms with Crippen LogP contribution in [0.25, 0.3) is 33.6 Å². The number of ether oxygens (including phenoxy) is 2. The molecule has 0 bridgehead atoms. The second-order valence-electron chi connectivity index (χ2n) is 9.92. The summed E-state index contributed by atoms with van der Waals surface area (Å²) in [5.74, 6) is -1.88. The Morgan fingerprint density at radius 2 is 1.29 bits per heavy atom. The molecule has 1 fully saturated rings. The quantitative estimate of drug-likeness (QED) is 0.227. The molecule has 1 aliphatic heterocycles. The maximum Gasteiger partial charge on any atom is 0.250 e. The molecule has 2 aromatic heterocycles. The van der Waals surface area contributed by atoms with Crippen molar-refractivity contribution in [1.29, 1.82) is 0 Å². The summed E-state index contributed by atoms with van der Waals surface area (Å²) in [4.78, 5) is 20.3. The number of hydrogen-bond acceptors (Lipinski definition) is 8. The van der Waals surface area contributed by atoms with Gasteiger partial charge in [-0.2, -0.15) is 0 Å². The molecular formula is C30H30Cl2F2N6O2. The number of alkyl halides is 2. The fraction of sp³-hybridized carbons (Fsp3) is 0.333. The predicted octanol–water partition coefficient (Wildman–Crippen LogP) is 6.54. The van der Waals surface area contributed by atoms with E-state index in [-0.39, 0.29) is 25.9 Å². The number of halogens is 4. The minimum atomic E-state index is -2.61. The molecule has 4 aromatic rings. The van der Waals surface area contributed by atoms with Crippen molar-refractivity contribution in [3.63, 3.8) is 0 Å². The number of rotatable bonds is 9. The van der Waals surface area contributed by atoms with Crippen molar-refractivity contribution in [3.8, 4) is 45.4 Å². The summed E-state index contributed by atoms with van der Waals surface area (Å²) >= 11 is 13.9. The number of likely N-dealkylation sites (tertiary alicyclic amines) is 1. The van der Waals surface area contributed by atoms with E-state index in [1.54, 1.807) is 19.5 Å². The highest BCUT2D eigenvalue weighted by Gasteiger charge is 2.34. The van der Waals surface area contributed by atoms with Crippen molar-refractivity contribution in [3.05, 3.63) is 70.2 Å². The number of nitrogens with one attached hydrogen (secondary N) is 1. The van der Waals surface area contributed by atoms with E-state index in [9.17, 15) is 8.78 Å². The van der Waals surface area contributed by atoms with E-state index < -0.39 is 5.92 Å². The van der Waals surface area contributed by atoms with Crippen LogP contribution >= 0.6 is 23.2 Å². The topological polar surface area (TPSA) is 85.3 Å². The summed E-state index contributed by atoms with van der Waals surface area (Å²) in [5.41, 5.74) is 5.07. The largest absolute Gasteiger partial charge is 0.480 e. The van der Waals surface area contributed by atoms with Crippen LogP contribution in [0.3, 0.4) is 0 Å². The van der Waals surface area contributed by atoms with Crippen LogP contribution in [-0.2, 0) is 13.1 Å². The molecule has 0 amide bonds. The smallest absolute Gasteiger partial charge is 0.250 e. The molecule has 1 aliphatic rings. The lowest BCUT2D eigenvalue weighted by Crippen LogP contribution is -2.39. The minimum absolute atomic E-state index is 0.172. The van der Waals surface area contributed by atoms with Gasteiger partial charge in [0.1, 0.15) is 11.4 Å². The summed E-state index contributed by atoms with van der Waals surface area (Å²) < 4.78 is 38.1. The molecule has 1 saturated heterocycles. The average molecular weight is 616 g/mol. The average Bonchev–Trinajstić information content (AvgIpc) is 2.99. The fourth-order valence-corrected chi connectivity index (χ4v) is 5.55. The summed E-state index contributed by atoms with van der Waals surface area (Å²) in [5, 5.41) is 3.94. The standard InChI is InChI=1S/C30H30Cl2F2N6O2/c1-35-14-24-28(41-2)38-22(15-36-24)20-8-4-6-18(26(20)31)19-7-5-9-21(27(19)32)23-16-37-25(29(39-23)42-3)17-40-12-10-30(33,34)11-13-40/h4-9,15-16,35H,10-14,17H2,1-3H3. The van der Waals surface area contributed by atoms with Gasteiger partial charge in [-0.05, 0) is 7.05 Å². The zero-order chi connectivity index (χ0) is 29.9.